The molecule has 4 nitrogen and oxygen atoms in total. The lowest BCUT2D eigenvalue weighted by molar-refractivity contribution is -0.152. The van der Waals surface area contributed by atoms with Gasteiger partial charge in [-0.25, -0.2) is 0 Å². The Morgan fingerprint density at radius 1 is 1.28 bits per heavy atom. The normalized spacial score (nSPS) is 15.3. The molecule has 1 N–H and O–H groups in total. The average Bonchev–Trinajstić information content (AvgIpc) is 2.20. The summed E-state index contributed by atoms with van der Waals surface area (Å²) in [5, 5.41) is 8.75. The van der Waals surface area contributed by atoms with Crippen molar-refractivity contribution in [1.82, 2.24) is 4.90 Å². The zero-order valence-corrected chi connectivity index (χ0v) is 10.6. The van der Waals surface area contributed by atoms with E-state index in [1.807, 2.05) is 32.0 Å². The molecule has 1 amide bonds. The molecule has 0 radical (unpaired) electrons. The molecule has 96 valence electrons. The van der Waals surface area contributed by atoms with E-state index in [1.54, 1.807) is 4.90 Å². The van der Waals surface area contributed by atoms with Gasteiger partial charge in [0.05, 0.1) is 12.3 Å². The molecule has 1 aromatic carbocycles. The first-order valence-corrected chi connectivity index (χ1v) is 6.04. The molecule has 18 heavy (non-hydrogen) atoms. The Kier molecular flexibility index (Phi) is 3.36. The maximum absolute atomic E-state index is 11.9. The van der Waals surface area contributed by atoms with Crippen molar-refractivity contribution in [2.45, 2.75) is 20.3 Å². The number of aliphatic carboxylic acids is 1. The van der Waals surface area contributed by atoms with Crippen LogP contribution in [-0.4, -0.2) is 35.0 Å². The van der Waals surface area contributed by atoms with Crippen molar-refractivity contribution in [3.63, 3.8) is 0 Å². The largest absolute Gasteiger partial charge is 0.481 e. The van der Waals surface area contributed by atoms with Crippen molar-refractivity contribution >= 4 is 11.9 Å². The van der Waals surface area contributed by atoms with E-state index >= 15 is 0 Å². The fourth-order valence-electron chi connectivity index (χ4n) is 2.04. The lowest BCUT2D eigenvalue weighted by atomic mass is 9.98. The third-order valence-electron chi connectivity index (χ3n) is 3.51. The van der Waals surface area contributed by atoms with Crippen LogP contribution < -0.4 is 0 Å². The van der Waals surface area contributed by atoms with Crippen LogP contribution in [0.4, 0.5) is 0 Å². The summed E-state index contributed by atoms with van der Waals surface area (Å²) in [5.74, 6) is -1.19. The Bertz CT molecular complexity index is 490. The fraction of sp³-hybridized carbons (Fsp3) is 0.429. The lowest BCUT2D eigenvalue weighted by Crippen LogP contribution is -2.53. The monoisotopic (exact) mass is 247 g/mol. The second kappa shape index (κ2) is 4.80. The minimum Gasteiger partial charge on any atom is -0.481 e. The number of benzene rings is 1. The quantitative estimate of drug-likeness (QED) is 0.878. The van der Waals surface area contributed by atoms with Gasteiger partial charge < -0.3 is 10.0 Å². The standard InChI is InChI=1S/C14H17NO3/c1-9-3-4-11(5-10(9)2)6-13(16)15-7-12(8-15)14(17)18/h3-5,12H,6-8H2,1-2H3,(H,17,18). The van der Waals surface area contributed by atoms with Crippen LogP contribution in [0, 0.1) is 19.8 Å². The second-order valence-corrected chi connectivity index (χ2v) is 4.93. The predicted molar refractivity (Wildman–Crippen MR) is 67.3 cm³/mol. The van der Waals surface area contributed by atoms with Crippen molar-refractivity contribution in [3.05, 3.63) is 34.9 Å². The van der Waals surface area contributed by atoms with Gasteiger partial charge in [-0.05, 0) is 30.5 Å². The Hall–Kier alpha value is -1.84. The van der Waals surface area contributed by atoms with E-state index in [1.165, 1.54) is 11.1 Å². The van der Waals surface area contributed by atoms with Crippen molar-refractivity contribution in [3.8, 4) is 0 Å². The van der Waals surface area contributed by atoms with Crippen LogP contribution in [-0.2, 0) is 16.0 Å². The van der Waals surface area contributed by atoms with Gasteiger partial charge in [0.15, 0.2) is 0 Å². The first-order chi connectivity index (χ1) is 8.47. The van der Waals surface area contributed by atoms with Gasteiger partial charge in [0.1, 0.15) is 0 Å². The van der Waals surface area contributed by atoms with Gasteiger partial charge in [0.25, 0.3) is 0 Å². The first-order valence-electron chi connectivity index (χ1n) is 6.04. The molecule has 0 unspecified atom stereocenters. The summed E-state index contributed by atoms with van der Waals surface area (Å²) in [5.41, 5.74) is 3.37. The number of amides is 1. The Labute approximate surface area is 106 Å². The van der Waals surface area contributed by atoms with Gasteiger partial charge in [-0.3, -0.25) is 9.59 Å². The molecule has 1 aromatic rings. The summed E-state index contributed by atoms with van der Waals surface area (Å²) in [6.45, 7) is 4.75. The van der Waals surface area contributed by atoms with E-state index < -0.39 is 5.97 Å². The molecule has 2 rings (SSSR count). The number of hydrogen-bond acceptors (Lipinski definition) is 2. The molecule has 0 spiro atoms. The topological polar surface area (TPSA) is 57.6 Å². The van der Waals surface area contributed by atoms with Crippen molar-refractivity contribution in [2.24, 2.45) is 5.92 Å². The van der Waals surface area contributed by atoms with Crippen molar-refractivity contribution < 1.29 is 14.7 Å². The highest BCUT2D eigenvalue weighted by molar-refractivity contribution is 5.82. The zero-order valence-electron chi connectivity index (χ0n) is 10.6. The number of carbonyl (C=O) groups is 2. The molecule has 4 heteroatoms. The van der Waals surface area contributed by atoms with E-state index in [0.29, 0.717) is 19.5 Å². The Balaban J connectivity index is 1.92. The van der Waals surface area contributed by atoms with Gasteiger partial charge >= 0.3 is 5.97 Å². The van der Waals surface area contributed by atoms with E-state index in [-0.39, 0.29) is 11.8 Å². The maximum atomic E-state index is 11.9. The van der Waals surface area contributed by atoms with Crippen LogP contribution in [0.25, 0.3) is 0 Å². The van der Waals surface area contributed by atoms with Gasteiger partial charge in [0.2, 0.25) is 5.91 Å². The summed E-state index contributed by atoms with van der Waals surface area (Å²) in [7, 11) is 0. The predicted octanol–water partition coefficient (Wildman–Crippen LogP) is 1.39. The van der Waals surface area contributed by atoms with E-state index in [9.17, 15) is 9.59 Å². The summed E-state index contributed by atoms with van der Waals surface area (Å²) >= 11 is 0. The summed E-state index contributed by atoms with van der Waals surface area (Å²) in [6.07, 6.45) is 0.355. The lowest BCUT2D eigenvalue weighted by Gasteiger charge is -2.36. The smallest absolute Gasteiger partial charge is 0.310 e. The number of likely N-dealkylation sites (tertiary alicyclic amines) is 1. The highest BCUT2D eigenvalue weighted by Gasteiger charge is 2.35. The molecule has 0 aromatic heterocycles. The fourth-order valence-corrected chi connectivity index (χ4v) is 2.04. The summed E-state index contributed by atoms with van der Waals surface area (Å²) in [6, 6.07) is 5.98. The van der Waals surface area contributed by atoms with E-state index in [0.717, 1.165) is 5.56 Å². The Morgan fingerprint density at radius 3 is 2.50 bits per heavy atom. The van der Waals surface area contributed by atoms with Crippen LogP contribution in [0.15, 0.2) is 18.2 Å². The van der Waals surface area contributed by atoms with Crippen LogP contribution in [0.3, 0.4) is 0 Å². The maximum Gasteiger partial charge on any atom is 0.310 e. The SMILES string of the molecule is Cc1ccc(CC(=O)N2CC(C(=O)O)C2)cc1C. The first kappa shape index (κ1) is 12.6. The third kappa shape index (κ3) is 2.53. The molecule has 0 saturated carbocycles. The number of carboxylic acid groups (broad SMARTS) is 1. The molecule has 1 aliphatic heterocycles. The average molecular weight is 247 g/mol. The second-order valence-electron chi connectivity index (χ2n) is 4.93. The van der Waals surface area contributed by atoms with Crippen molar-refractivity contribution in [1.29, 1.82) is 0 Å². The van der Waals surface area contributed by atoms with Crippen LogP contribution in [0.2, 0.25) is 0 Å². The number of aryl methyl sites for hydroxylation is 2. The molecule has 1 heterocycles. The van der Waals surface area contributed by atoms with Gasteiger partial charge in [-0.15, -0.1) is 0 Å². The number of hydrogen-bond donors (Lipinski definition) is 1. The number of carbonyl (C=O) groups excluding carboxylic acids is 1. The van der Waals surface area contributed by atoms with E-state index in [4.69, 9.17) is 5.11 Å². The summed E-state index contributed by atoms with van der Waals surface area (Å²) < 4.78 is 0. The van der Waals surface area contributed by atoms with Gasteiger partial charge in [-0.2, -0.15) is 0 Å². The summed E-state index contributed by atoms with van der Waals surface area (Å²) in [4.78, 5) is 24.1. The Morgan fingerprint density at radius 2 is 1.94 bits per heavy atom. The third-order valence-corrected chi connectivity index (χ3v) is 3.51. The molecule has 0 aliphatic carbocycles. The molecule has 1 fully saturated rings. The van der Waals surface area contributed by atoms with Crippen LogP contribution in [0.1, 0.15) is 16.7 Å². The molecular weight excluding hydrogens is 230 g/mol. The van der Waals surface area contributed by atoms with Gasteiger partial charge in [-0.1, -0.05) is 18.2 Å². The van der Waals surface area contributed by atoms with E-state index in [2.05, 4.69) is 0 Å². The minimum atomic E-state index is -0.815. The number of rotatable bonds is 3. The minimum absolute atomic E-state index is 0.00996. The molecule has 1 aliphatic rings. The van der Waals surface area contributed by atoms with Crippen LogP contribution >= 0.6 is 0 Å². The molecule has 0 bridgehead atoms. The highest BCUT2D eigenvalue weighted by atomic mass is 16.4. The number of nitrogens with zero attached hydrogens (tertiary/aromatic N) is 1. The van der Waals surface area contributed by atoms with Gasteiger partial charge in [0, 0.05) is 13.1 Å². The zero-order chi connectivity index (χ0) is 13.3. The molecular formula is C14H17NO3. The highest BCUT2D eigenvalue weighted by Crippen LogP contribution is 2.18. The molecule has 0 atom stereocenters. The molecule has 1 saturated heterocycles. The number of carboxylic acids is 1. The van der Waals surface area contributed by atoms with Crippen LogP contribution in [0.5, 0.6) is 0 Å². The van der Waals surface area contributed by atoms with Crippen molar-refractivity contribution in [2.75, 3.05) is 13.1 Å².